The number of para-hydroxylation sites is 1. The predicted molar refractivity (Wildman–Crippen MR) is 90.9 cm³/mol. The van der Waals surface area contributed by atoms with Gasteiger partial charge in [-0.05, 0) is 19.0 Å². The fourth-order valence-corrected chi connectivity index (χ4v) is 2.80. The van der Waals surface area contributed by atoms with Crippen molar-refractivity contribution >= 4 is 28.0 Å². The zero-order chi connectivity index (χ0) is 15.4. The number of pyridine rings is 1. The molecule has 0 atom stereocenters. The number of benzene rings is 1. The fourth-order valence-electron chi connectivity index (χ4n) is 2.80. The van der Waals surface area contributed by atoms with Crippen LogP contribution in [0.15, 0.2) is 24.4 Å². The van der Waals surface area contributed by atoms with Gasteiger partial charge in [-0.3, -0.25) is 9.88 Å². The van der Waals surface area contributed by atoms with Gasteiger partial charge in [0.15, 0.2) is 0 Å². The first-order valence-corrected chi connectivity index (χ1v) is 7.72. The second-order valence-corrected chi connectivity index (χ2v) is 5.57. The molecule has 22 heavy (non-hydrogen) atoms. The SMILES string of the molecule is Nc1cnc2c(N)cccc2c1NCCCN1CCOCC1. The number of nitrogen functional groups attached to an aromatic ring is 2. The summed E-state index contributed by atoms with van der Waals surface area (Å²) in [5, 5.41) is 4.42. The van der Waals surface area contributed by atoms with Crippen LogP contribution in [0.3, 0.4) is 0 Å². The van der Waals surface area contributed by atoms with Crippen molar-refractivity contribution in [2.45, 2.75) is 6.42 Å². The molecule has 6 nitrogen and oxygen atoms in total. The lowest BCUT2D eigenvalue weighted by atomic mass is 10.1. The number of fused-ring (bicyclic) bond motifs is 1. The normalized spacial score (nSPS) is 16.0. The Morgan fingerprint density at radius 2 is 2.00 bits per heavy atom. The highest BCUT2D eigenvalue weighted by Gasteiger charge is 2.11. The van der Waals surface area contributed by atoms with Gasteiger partial charge >= 0.3 is 0 Å². The molecular formula is C16H23N5O. The molecule has 1 aliphatic heterocycles. The number of nitrogens with two attached hydrogens (primary N) is 2. The van der Waals surface area contributed by atoms with Crippen molar-refractivity contribution in [1.82, 2.24) is 9.88 Å². The van der Waals surface area contributed by atoms with Crippen LogP contribution in [-0.4, -0.2) is 49.3 Å². The topological polar surface area (TPSA) is 89.4 Å². The molecule has 6 heteroatoms. The molecule has 2 heterocycles. The molecule has 0 unspecified atom stereocenters. The number of morpholine rings is 1. The van der Waals surface area contributed by atoms with Gasteiger partial charge in [0.05, 0.1) is 42.0 Å². The second kappa shape index (κ2) is 6.81. The highest BCUT2D eigenvalue weighted by Crippen LogP contribution is 2.30. The van der Waals surface area contributed by atoms with Gasteiger partial charge in [0.25, 0.3) is 0 Å². The Morgan fingerprint density at radius 1 is 1.18 bits per heavy atom. The summed E-state index contributed by atoms with van der Waals surface area (Å²) in [5.74, 6) is 0. The molecule has 1 fully saturated rings. The van der Waals surface area contributed by atoms with Crippen molar-refractivity contribution in [3.63, 3.8) is 0 Å². The zero-order valence-corrected chi connectivity index (χ0v) is 12.7. The van der Waals surface area contributed by atoms with E-state index in [1.807, 2.05) is 18.2 Å². The maximum atomic E-state index is 6.07. The van der Waals surface area contributed by atoms with Gasteiger partial charge in [-0.25, -0.2) is 0 Å². The molecule has 0 radical (unpaired) electrons. The Bertz CT molecular complexity index is 640. The van der Waals surface area contributed by atoms with E-state index in [1.54, 1.807) is 6.20 Å². The van der Waals surface area contributed by atoms with E-state index in [-0.39, 0.29) is 0 Å². The molecule has 3 rings (SSSR count). The quantitative estimate of drug-likeness (QED) is 0.573. The van der Waals surface area contributed by atoms with Crippen LogP contribution < -0.4 is 16.8 Å². The van der Waals surface area contributed by atoms with Crippen LogP contribution >= 0.6 is 0 Å². The largest absolute Gasteiger partial charge is 0.397 e. The maximum absolute atomic E-state index is 6.07. The molecule has 1 aliphatic rings. The lowest BCUT2D eigenvalue weighted by molar-refractivity contribution is 0.0378. The van der Waals surface area contributed by atoms with Gasteiger partial charge in [0, 0.05) is 25.0 Å². The standard InChI is InChI=1S/C16H23N5O/c17-13-4-1-3-12-15(13)20-11-14(18)16(12)19-5-2-6-21-7-9-22-10-8-21/h1,3-4,11H,2,5-10,17-18H2,(H,19,20). The number of hydrogen-bond donors (Lipinski definition) is 3. The fraction of sp³-hybridized carbons (Fsp3) is 0.438. The Hall–Kier alpha value is -2.05. The van der Waals surface area contributed by atoms with Crippen molar-refractivity contribution in [1.29, 1.82) is 0 Å². The number of anilines is 3. The molecule has 0 spiro atoms. The van der Waals surface area contributed by atoms with Gasteiger partial charge in [-0.15, -0.1) is 0 Å². The Morgan fingerprint density at radius 3 is 2.82 bits per heavy atom. The highest BCUT2D eigenvalue weighted by molar-refractivity contribution is 6.01. The van der Waals surface area contributed by atoms with Crippen LogP contribution in [0.4, 0.5) is 17.1 Å². The summed E-state index contributed by atoms with van der Waals surface area (Å²) in [6.45, 7) is 5.67. The number of rotatable bonds is 5. The van der Waals surface area contributed by atoms with Crippen LogP contribution in [0.5, 0.6) is 0 Å². The molecule has 118 valence electrons. The van der Waals surface area contributed by atoms with E-state index in [1.165, 1.54) is 0 Å². The first-order chi connectivity index (χ1) is 10.8. The van der Waals surface area contributed by atoms with Crippen molar-refractivity contribution in [3.8, 4) is 0 Å². The van der Waals surface area contributed by atoms with E-state index in [0.29, 0.717) is 11.4 Å². The molecule has 1 saturated heterocycles. The third kappa shape index (κ3) is 3.23. The minimum Gasteiger partial charge on any atom is -0.397 e. The van der Waals surface area contributed by atoms with E-state index < -0.39 is 0 Å². The van der Waals surface area contributed by atoms with Crippen molar-refractivity contribution in [3.05, 3.63) is 24.4 Å². The van der Waals surface area contributed by atoms with E-state index >= 15 is 0 Å². The average Bonchev–Trinajstić information content (AvgIpc) is 2.54. The average molecular weight is 301 g/mol. The molecule has 0 aliphatic carbocycles. The maximum Gasteiger partial charge on any atom is 0.0953 e. The number of nitrogens with one attached hydrogen (secondary N) is 1. The number of nitrogens with zero attached hydrogens (tertiary/aromatic N) is 2. The molecule has 1 aromatic heterocycles. The Kier molecular flexibility index (Phi) is 4.60. The third-order valence-corrected chi connectivity index (χ3v) is 4.01. The van der Waals surface area contributed by atoms with E-state index in [2.05, 4.69) is 15.2 Å². The minimum atomic E-state index is 0.657. The smallest absolute Gasteiger partial charge is 0.0953 e. The molecule has 0 amide bonds. The van der Waals surface area contributed by atoms with Crippen LogP contribution in [-0.2, 0) is 4.74 Å². The highest BCUT2D eigenvalue weighted by atomic mass is 16.5. The monoisotopic (exact) mass is 301 g/mol. The first-order valence-electron chi connectivity index (χ1n) is 7.72. The molecule has 5 N–H and O–H groups in total. The Balaban J connectivity index is 1.63. The van der Waals surface area contributed by atoms with E-state index in [9.17, 15) is 0 Å². The minimum absolute atomic E-state index is 0.657. The molecule has 2 aromatic rings. The van der Waals surface area contributed by atoms with Crippen LogP contribution in [0.25, 0.3) is 10.9 Å². The number of aromatic nitrogens is 1. The zero-order valence-electron chi connectivity index (χ0n) is 12.7. The van der Waals surface area contributed by atoms with Crippen LogP contribution in [0.1, 0.15) is 6.42 Å². The van der Waals surface area contributed by atoms with E-state index in [4.69, 9.17) is 16.2 Å². The summed E-state index contributed by atoms with van der Waals surface area (Å²) < 4.78 is 5.36. The second-order valence-electron chi connectivity index (χ2n) is 5.57. The number of ether oxygens (including phenoxy) is 1. The van der Waals surface area contributed by atoms with Gasteiger partial charge in [-0.2, -0.15) is 0 Å². The summed E-state index contributed by atoms with van der Waals surface area (Å²) in [6, 6.07) is 5.78. The molecule has 1 aromatic carbocycles. The number of hydrogen-bond acceptors (Lipinski definition) is 6. The van der Waals surface area contributed by atoms with Crippen molar-refractivity contribution in [2.24, 2.45) is 0 Å². The van der Waals surface area contributed by atoms with Gasteiger partial charge < -0.3 is 21.5 Å². The third-order valence-electron chi connectivity index (χ3n) is 4.01. The van der Waals surface area contributed by atoms with E-state index in [0.717, 1.165) is 62.4 Å². The summed E-state index contributed by atoms with van der Waals surface area (Å²) in [4.78, 5) is 6.76. The molecular weight excluding hydrogens is 278 g/mol. The van der Waals surface area contributed by atoms with Crippen molar-refractivity contribution < 1.29 is 4.74 Å². The lowest BCUT2D eigenvalue weighted by Gasteiger charge is -2.26. The van der Waals surface area contributed by atoms with Gasteiger partial charge in [0.1, 0.15) is 0 Å². The Labute approximate surface area is 130 Å². The molecule has 0 bridgehead atoms. The summed E-state index contributed by atoms with van der Waals surface area (Å²) in [6.07, 6.45) is 2.73. The summed E-state index contributed by atoms with van der Waals surface area (Å²) in [5.41, 5.74) is 15.1. The first kappa shape index (κ1) is 14.9. The summed E-state index contributed by atoms with van der Waals surface area (Å²) in [7, 11) is 0. The van der Waals surface area contributed by atoms with Gasteiger partial charge in [-0.1, -0.05) is 12.1 Å². The summed E-state index contributed by atoms with van der Waals surface area (Å²) >= 11 is 0. The van der Waals surface area contributed by atoms with Crippen LogP contribution in [0, 0.1) is 0 Å². The lowest BCUT2D eigenvalue weighted by Crippen LogP contribution is -2.37. The van der Waals surface area contributed by atoms with Crippen molar-refractivity contribution in [2.75, 3.05) is 56.2 Å². The molecule has 0 saturated carbocycles. The predicted octanol–water partition coefficient (Wildman–Crippen LogP) is 1.53. The van der Waals surface area contributed by atoms with Crippen LogP contribution in [0.2, 0.25) is 0 Å². The van der Waals surface area contributed by atoms with Gasteiger partial charge in [0.2, 0.25) is 0 Å².